The maximum absolute atomic E-state index is 12.4. The van der Waals surface area contributed by atoms with E-state index in [1.54, 1.807) is 0 Å². The number of hydrogen-bond acceptors (Lipinski definition) is 2. The molecule has 1 aliphatic carbocycles. The SMILES string of the molecule is N#CC1(C(F)(F)F)C=CC(N)=CC1. The second-order valence-electron chi connectivity index (χ2n) is 2.82. The Balaban J connectivity index is 3.03. The van der Waals surface area contributed by atoms with Crippen molar-refractivity contribution in [3.63, 3.8) is 0 Å². The molecule has 0 bridgehead atoms. The summed E-state index contributed by atoms with van der Waals surface area (Å²) in [5.74, 6) is 0. The van der Waals surface area contributed by atoms with Gasteiger partial charge in [0.2, 0.25) is 0 Å². The summed E-state index contributed by atoms with van der Waals surface area (Å²) in [5.41, 5.74) is 3.12. The standard InChI is InChI=1S/C8H7F3N2/c9-8(10,11)7(5-12)3-1-6(13)2-4-7/h1-3H,4,13H2. The lowest BCUT2D eigenvalue weighted by Crippen LogP contribution is -2.35. The van der Waals surface area contributed by atoms with Gasteiger partial charge in [-0.15, -0.1) is 0 Å². The number of nitrogens with zero attached hydrogens (tertiary/aromatic N) is 1. The van der Waals surface area contributed by atoms with Crippen LogP contribution in [0.1, 0.15) is 6.42 Å². The van der Waals surface area contributed by atoms with Crippen LogP contribution in [0.4, 0.5) is 13.2 Å². The molecule has 1 aliphatic rings. The van der Waals surface area contributed by atoms with Gasteiger partial charge in [0.15, 0.2) is 5.41 Å². The average Bonchev–Trinajstić information content (AvgIpc) is 2.04. The first-order valence-electron chi connectivity index (χ1n) is 3.54. The van der Waals surface area contributed by atoms with Gasteiger partial charge in [-0.25, -0.2) is 0 Å². The van der Waals surface area contributed by atoms with Crippen LogP contribution in [-0.4, -0.2) is 6.18 Å². The zero-order chi connectivity index (χ0) is 10.1. The molecular formula is C8H7F3N2. The fraction of sp³-hybridized carbons (Fsp3) is 0.375. The first-order valence-corrected chi connectivity index (χ1v) is 3.54. The molecule has 0 heterocycles. The summed E-state index contributed by atoms with van der Waals surface area (Å²) in [5, 5.41) is 8.47. The molecule has 1 rings (SSSR count). The molecule has 13 heavy (non-hydrogen) atoms. The van der Waals surface area contributed by atoms with Gasteiger partial charge in [-0.1, -0.05) is 12.2 Å². The Bertz CT molecular complexity index is 308. The highest BCUT2D eigenvalue weighted by Crippen LogP contribution is 2.43. The zero-order valence-corrected chi connectivity index (χ0v) is 6.60. The van der Waals surface area contributed by atoms with E-state index in [0.29, 0.717) is 0 Å². The summed E-state index contributed by atoms with van der Waals surface area (Å²) < 4.78 is 37.1. The Morgan fingerprint density at radius 3 is 2.46 bits per heavy atom. The van der Waals surface area contributed by atoms with E-state index in [1.165, 1.54) is 12.1 Å². The molecule has 0 saturated heterocycles. The smallest absolute Gasteiger partial charge is 0.399 e. The molecule has 0 aromatic carbocycles. The quantitative estimate of drug-likeness (QED) is 0.630. The Morgan fingerprint density at radius 2 is 2.15 bits per heavy atom. The number of hydrogen-bond donors (Lipinski definition) is 1. The minimum atomic E-state index is -4.55. The van der Waals surface area contributed by atoms with E-state index in [4.69, 9.17) is 11.0 Å². The molecule has 0 fully saturated rings. The number of allylic oxidation sites excluding steroid dienone is 3. The predicted octanol–water partition coefficient (Wildman–Crippen LogP) is 1.86. The summed E-state index contributed by atoms with van der Waals surface area (Å²) >= 11 is 0. The molecule has 0 aromatic rings. The summed E-state index contributed by atoms with van der Waals surface area (Å²) in [6.07, 6.45) is -1.83. The van der Waals surface area contributed by atoms with Crippen LogP contribution in [0.2, 0.25) is 0 Å². The molecule has 2 N–H and O–H groups in total. The summed E-state index contributed by atoms with van der Waals surface area (Å²) in [6.45, 7) is 0. The van der Waals surface area contributed by atoms with Gasteiger partial charge in [-0.05, 0) is 12.5 Å². The van der Waals surface area contributed by atoms with Crippen molar-refractivity contribution in [2.75, 3.05) is 0 Å². The molecule has 70 valence electrons. The van der Waals surface area contributed by atoms with E-state index in [2.05, 4.69) is 0 Å². The molecule has 1 atom stereocenters. The van der Waals surface area contributed by atoms with Crippen LogP contribution in [0.3, 0.4) is 0 Å². The van der Waals surface area contributed by atoms with Crippen LogP contribution in [0.5, 0.6) is 0 Å². The van der Waals surface area contributed by atoms with E-state index in [1.807, 2.05) is 0 Å². The lowest BCUT2D eigenvalue weighted by Gasteiger charge is -2.26. The lowest BCUT2D eigenvalue weighted by molar-refractivity contribution is -0.185. The minimum absolute atomic E-state index is 0.259. The molecule has 0 aliphatic heterocycles. The topological polar surface area (TPSA) is 49.8 Å². The molecule has 0 radical (unpaired) electrons. The van der Waals surface area contributed by atoms with E-state index < -0.39 is 18.0 Å². The minimum Gasteiger partial charge on any atom is -0.399 e. The molecule has 0 amide bonds. The summed E-state index contributed by atoms with van der Waals surface area (Å²) in [7, 11) is 0. The van der Waals surface area contributed by atoms with Crippen molar-refractivity contribution in [2.24, 2.45) is 11.1 Å². The molecule has 1 unspecified atom stereocenters. The number of alkyl halides is 3. The van der Waals surface area contributed by atoms with Crippen molar-refractivity contribution >= 4 is 0 Å². The van der Waals surface area contributed by atoms with Crippen LogP contribution in [0, 0.1) is 16.7 Å². The highest BCUT2D eigenvalue weighted by atomic mass is 19.4. The van der Waals surface area contributed by atoms with Gasteiger partial charge in [-0.2, -0.15) is 18.4 Å². The van der Waals surface area contributed by atoms with E-state index in [0.717, 1.165) is 12.2 Å². The second-order valence-corrected chi connectivity index (χ2v) is 2.82. The summed E-state index contributed by atoms with van der Waals surface area (Å²) in [6, 6.07) is 1.27. The van der Waals surface area contributed by atoms with Gasteiger partial charge >= 0.3 is 6.18 Å². The zero-order valence-electron chi connectivity index (χ0n) is 6.60. The van der Waals surface area contributed by atoms with Gasteiger partial charge < -0.3 is 5.73 Å². The van der Waals surface area contributed by atoms with E-state index >= 15 is 0 Å². The highest BCUT2D eigenvalue weighted by Gasteiger charge is 2.53. The lowest BCUT2D eigenvalue weighted by atomic mass is 9.82. The fourth-order valence-corrected chi connectivity index (χ4v) is 1.01. The normalized spacial score (nSPS) is 28.0. The van der Waals surface area contributed by atoms with Crippen molar-refractivity contribution in [1.29, 1.82) is 5.26 Å². The van der Waals surface area contributed by atoms with Gasteiger partial charge in [0.05, 0.1) is 6.07 Å². The Kier molecular flexibility index (Phi) is 2.08. The molecule has 0 spiro atoms. The van der Waals surface area contributed by atoms with Crippen molar-refractivity contribution in [1.82, 2.24) is 0 Å². The van der Waals surface area contributed by atoms with Gasteiger partial charge in [0, 0.05) is 5.70 Å². The molecule has 2 nitrogen and oxygen atoms in total. The Hall–Kier alpha value is -1.44. The van der Waals surface area contributed by atoms with Crippen LogP contribution < -0.4 is 5.73 Å². The monoisotopic (exact) mass is 188 g/mol. The van der Waals surface area contributed by atoms with Gasteiger partial charge in [0.25, 0.3) is 0 Å². The molecule has 0 saturated carbocycles. The average molecular weight is 188 g/mol. The third kappa shape index (κ3) is 1.52. The molecular weight excluding hydrogens is 181 g/mol. The number of halogens is 3. The van der Waals surface area contributed by atoms with Crippen molar-refractivity contribution in [3.8, 4) is 6.07 Å². The first-order chi connectivity index (χ1) is 5.91. The molecule has 5 heteroatoms. The van der Waals surface area contributed by atoms with Crippen LogP contribution in [0.25, 0.3) is 0 Å². The molecule has 0 aromatic heterocycles. The number of nitriles is 1. The summed E-state index contributed by atoms with van der Waals surface area (Å²) in [4.78, 5) is 0. The van der Waals surface area contributed by atoms with Crippen LogP contribution in [-0.2, 0) is 0 Å². The number of nitrogens with two attached hydrogens (primary N) is 1. The fourth-order valence-electron chi connectivity index (χ4n) is 1.01. The maximum atomic E-state index is 12.4. The van der Waals surface area contributed by atoms with E-state index in [9.17, 15) is 13.2 Å². The van der Waals surface area contributed by atoms with Crippen LogP contribution >= 0.6 is 0 Å². The third-order valence-electron chi connectivity index (χ3n) is 1.93. The highest BCUT2D eigenvalue weighted by molar-refractivity contribution is 5.30. The Morgan fingerprint density at radius 1 is 1.54 bits per heavy atom. The largest absolute Gasteiger partial charge is 0.410 e. The van der Waals surface area contributed by atoms with Crippen molar-refractivity contribution in [2.45, 2.75) is 12.6 Å². The third-order valence-corrected chi connectivity index (χ3v) is 1.93. The van der Waals surface area contributed by atoms with Gasteiger partial charge in [-0.3, -0.25) is 0 Å². The van der Waals surface area contributed by atoms with E-state index in [-0.39, 0.29) is 5.70 Å². The first kappa shape index (κ1) is 9.65. The second kappa shape index (κ2) is 2.80. The van der Waals surface area contributed by atoms with Crippen molar-refractivity contribution in [3.05, 3.63) is 23.9 Å². The van der Waals surface area contributed by atoms with Gasteiger partial charge in [0.1, 0.15) is 0 Å². The van der Waals surface area contributed by atoms with Crippen LogP contribution in [0.15, 0.2) is 23.9 Å². The predicted molar refractivity (Wildman–Crippen MR) is 40.1 cm³/mol. The Labute approximate surface area is 73.1 Å². The van der Waals surface area contributed by atoms with Crippen molar-refractivity contribution < 1.29 is 13.2 Å². The maximum Gasteiger partial charge on any atom is 0.410 e. The number of rotatable bonds is 0.